The van der Waals surface area contributed by atoms with Crippen molar-refractivity contribution in [3.63, 3.8) is 0 Å². The van der Waals surface area contributed by atoms with Gasteiger partial charge in [0.2, 0.25) is 0 Å². The summed E-state index contributed by atoms with van der Waals surface area (Å²) in [5, 5.41) is 11.8. The molecule has 0 aliphatic rings. The van der Waals surface area contributed by atoms with E-state index in [2.05, 4.69) is 14.8 Å². The van der Waals surface area contributed by atoms with Crippen LogP contribution in [0.2, 0.25) is 0 Å². The molecule has 0 spiro atoms. The molecule has 0 saturated carbocycles. The van der Waals surface area contributed by atoms with Gasteiger partial charge in [0.15, 0.2) is 0 Å². The van der Waals surface area contributed by atoms with E-state index in [1.165, 1.54) is 12.1 Å². The maximum Gasteiger partial charge on any atom is 0.338 e. The van der Waals surface area contributed by atoms with Gasteiger partial charge in [-0.25, -0.2) is 4.79 Å². The molecule has 0 atom stereocenters. The van der Waals surface area contributed by atoms with E-state index in [-0.39, 0.29) is 18.8 Å². The summed E-state index contributed by atoms with van der Waals surface area (Å²) in [7, 11) is 0. The average Bonchev–Trinajstić information content (AvgIpc) is 2.27. The third-order valence-electron chi connectivity index (χ3n) is 1.57. The molecule has 1 rings (SSSR count). The molecule has 0 amide bonds. The first-order valence-electron chi connectivity index (χ1n) is 4.21. The van der Waals surface area contributed by atoms with Gasteiger partial charge in [-0.05, 0) is 17.7 Å². The highest BCUT2D eigenvalue weighted by molar-refractivity contribution is 5.90. The Morgan fingerprint density at radius 3 is 3.07 bits per heavy atom. The van der Waals surface area contributed by atoms with Crippen LogP contribution in [0.15, 0.2) is 29.4 Å². The molecule has 6 heteroatoms. The van der Waals surface area contributed by atoms with Gasteiger partial charge < -0.3 is 9.84 Å². The van der Waals surface area contributed by atoms with E-state index in [0.717, 1.165) is 0 Å². The van der Waals surface area contributed by atoms with E-state index in [1.807, 2.05) is 0 Å². The molecule has 0 radical (unpaired) electrons. The van der Waals surface area contributed by atoms with Crippen LogP contribution in [0.25, 0.3) is 10.4 Å². The molecular weight excluding hydrogens is 198 g/mol. The van der Waals surface area contributed by atoms with Crippen LogP contribution in [0.5, 0.6) is 0 Å². The van der Waals surface area contributed by atoms with Gasteiger partial charge in [0.1, 0.15) is 6.61 Å². The number of azide groups is 1. The Kier molecular flexibility index (Phi) is 4.15. The Hall–Kier alpha value is -2.04. The highest BCUT2D eigenvalue weighted by atomic mass is 16.5. The smallest absolute Gasteiger partial charge is 0.338 e. The molecule has 15 heavy (non-hydrogen) atoms. The summed E-state index contributed by atoms with van der Waals surface area (Å²) in [4.78, 5) is 13.9. The van der Waals surface area contributed by atoms with Crippen LogP contribution in [0, 0.1) is 0 Å². The van der Waals surface area contributed by atoms with E-state index >= 15 is 0 Å². The minimum Gasteiger partial charge on any atom is -0.460 e. The largest absolute Gasteiger partial charge is 0.460 e. The number of carbonyl (C=O) groups excluding carboxylic acids is 1. The second kappa shape index (κ2) is 5.64. The summed E-state index contributed by atoms with van der Waals surface area (Å²) >= 11 is 0. The zero-order valence-corrected chi connectivity index (χ0v) is 7.83. The first-order chi connectivity index (χ1) is 7.27. The molecule has 0 saturated heterocycles. The molecule has 0 aromatic heterocycles. The second-order valence-electron chi connectivity index (χ2n) is 2.60. The first kappa shape index (κ1) is 11.0. The molecule has 0 aliphatic carbocycles. The molecule has 0 fully saturated rings. The van der Waals surface area contributed by atoms with Crippen molar-refractivity contribution in [1.29, 1.82) is 0 Å². The number of hydrogen-bond donors (Lipinski definition) is 1. The molecule has 78 valence electrons. The minimum atomic E-state index is -0.556. The number of aliphatic hydroxyl groups excluding tert-OH is 1. The van der Waals surface area contributed by atoms with Gasteiger partial charge in [-0.1, -0.05) is 17.2 Å². The number of aliphatic hydroxyl groups is 1. The van der Waals surface area contributed by atoms with E-state index in [0.29, 0.717) is 5.69 Å². The van der Waals surface area contributed by atoms with E-state index in [9.17, 15) is 4.79 Å². The van der Waals surface area contributed by atoms with E-state index in [4.69, 9.17) is 10.6 Å². The number of benzene rings is 1. The van der Waals surface area contributed by atoms with Gasteiger partial charge in [0.25, 0.3) is 0 Å². The number of hydrogen-bond acceptors (Lipinski definition) is 4. The molecule has 1 aromatic carbocycles. The van der Waals surface area contributed by atoms with E-state index < -0.39 is 5.97 Å². The molecule has 0 bridgehead atoms. The lowest BCUT2D eigenvalue weighted by Gasteiger charge is -2.02. The van der Waals surface area contributed by atoms with Crippen LogP contribution in [-0.2, 0) is 4.74 Å². The van der Waals surface area contributed by atoms with Crippen molar-refractivity contribution < 1.29 is 14.6 Å². The van der Waals surface area contributed by atoms with Gasteiger partial charge in [-0.15, -0.1) is 0 Å². The zero-order chi connectivity index (χ0) is 11.1. The van der Waals surface area contributed by atoms with Crippen molar-refractivity contribution in [2.75, 3.05) is 13.2 Å². The highest BCUT2D eigenvalue weighted by Gasteiger charge is 2.06. The third-order valence-corrected chi connectivity index (χ3v) is 1.57. The normalized spacial score (nSPS) is 9.13. The molecular formula is C9H9N3O3. The summed E-state index contributed by atoms with van der Waals surface area (Å²) in [6.07, 6.45) is 0. The lowest BCUT2D eigenvalue weighted by atomic mass is 10.2. The third kappa shape index (κ3) is 3.30. The van der Waals surface area contributed by atoms with Gasteiger partial charge >= 0.3 is 5.97 Å². The summed E-state index contributed by atoms with van der Waals surface area (Å²) < 4.78 is 4.69. The predicted octanol–water partition coefficient (Wildman–Crippen LogP) is 1.78. The van der Waals surface area contributed by atoms with Crippen molar-refractivity contribution in [3.8, 4) is 0 Å². The van der Waals surface area contributed by atoms with Gasteiger partial charge in [0, 0.05) is 10.6 Å². The first-order valence-corrected chi connectivity index (χ1v) is 4.21. The fourth-order valence-electron chi connectivity index (χ4n) is 0.968. The standard InChI is InChI=1S/C9H9N3O3/c10-12-11-8-3-1-2-7(6-8)9(14)15-5-4-13/h1-3,6,13H,4-5H2. The van der Waals surface area contributed by atoms with Gasteiger partial charge in [0.05, 0.1) is 12.2 Å². The maximum atomic E-state index is 11.3. The monoisotopic (exact) mass is 207 g/mol. The lowest BCUT2D eigenvalue weighted by Crippen LogP contribution is -2.08. The molecule has 0 aliphatic heterocycles. The Balaban J connectivity index is 2.80. The Morgan fingerprint density at radius 2 is 2.40 bits per heavy atom. The van der Waals surface area contributed by atoms with Crippen molar-refractivity contribution in [2.45, 2.75) is 0 Å². The predicted molar refractivity (Wildman–Crippen MR) is 52.6 cm³/mol. The molecule has 1 aromatic rings. The number of esters is 1. The summed E-state index contributed by atoms with van der Waals surface area (Å²) in [6, 6.07) is 6.11. The van der Waals surface area contributed by atoms with Crippen LogP contribution in [-0.4, -0.2) is 24.3 Å². The molecule has 6 nitrogen and oxygen atoms in total. The average molecular weight is 207 g/mol. The van der Waals surface area contributed by atoms with Crippen molar-refractivity contribution >= 4 is 11.7 Å². The second-order valence-corrected chi connectivity index (χ2v) is 2.60. The number of rotatable bonds is 4. The summed E-state index contributed by atoms with van der Waals surface area (Å²) in [5.74, 6) is -0.556. The van der Waals surface area contributed by atoms with E-state index in [1.54, 1.807) is 12.1 Å². The number of nitrogens with zero attached hydrogens (tertiary/aromatic N) is 3. The maximum absolute atomic E-state index is 11.3. The lowest BCUT2D eigenvalue weighted by molar-refractivity contribution is 0.0434. The summed E-state index contributed by atoms with van der Waals surface area (Å²) in [6.45, 7) is -0.271. The van der Waals surface area contributed by atoms with Crippen LogP contribution >= 0.6 is 0 Å². The Labute approximate surface area is 85.7 Å². The van der Waals surface area contributed by atoms with Crippen molar-refractivity contribution in [2.24, 2.45) is 5.11 Å². The van der Waals surface area contributed by atoms with Crippen LogP contribution in [0.3, 0.4) is 0 Å². The fraction of sp³-hybridized carbons (Fsp3) is 0.222. The highest BCUT2D eigenvalue weighted by Crippen LogP contribution is 2.14. The summed E-state index contributed by atoms with van der Waals surface area (Å²) in [5.41, 5.74) is 8.83. The minimum absolute atomic E-state index is 0.0510. The van der Waals surface area contributed by atoms with Crippen molar-refractivity contribution in [3.05, 3.63) is 40.3 Å². The van der Waals surface area contributed by atoms with Crippen LogP contribution in [0.4, 0.5) is 5.69 Å². The Bertz CT molecular complexity index is 399. The Morgan fingerprint density at radius 1 is 1.60 bits per heavy atom. The van der Waals surface area contributed by atoms with Crippen LogP contribution < -0.4 is 0 Å². The fourth-order valence-corrected chi connectivity index (χ4v) is 0.968. The molecule has 1 N–H and O–H groups in total. The topological polar surface area (TPSA) is 95.3 Å². The number of carbonyl (C=O) groups is 1. The van der Waals surface area contributed by atoms with Crippen LogP contribution in [0.1, 0.15) is 10.4 Å². The van der Waals surface area contributed by atoms with Gasteiger partial charge in [-0.2, -0.15) is 0 Å². The molecule has 0 unspecified atom stereocenters. The number of ether oxygens (including phenoxy) is 1. The van der Waals surface area contributed by atoms with Gasteiger partial charge in [-0.3, -0.25) is 0 Å². The van der Waals surface area contributed by atoms with Crippen molar-refractivity contribution in [1.82, 2.24) is 0 Å². The molecule has 0 heterocycles. The quantitative estimate of drug-likeness (QED) is 0.352. The SMILES string of the molecule is [N-]=[N+]=Nc1cccc(C(=O)OCCO)c1. The zero-order valence-electron chi connectivity index (χ0n) is 7.83.